The summed E-state index contributed by atoms with van der Waals surface area (Å²) in [5.74, 6) is 0. The SMILES string of the molecule is CCNC(Cc1cncc(Br)c1)c1cccc(Cl)c1. The Morgan fingerprint density at radius 1 is 1.32 bits per heavy atom. The minimum atomic E-state index is 0.250. The van der Waals surface area contributed by atoms with Crippen molar-refractivity contribution in [3.63, 3.8) is 0 Å². The van der Waals surface area contributed by atoms with Gasteiger partial charge in [-0.1, -0.05) is 30.7 Å². The van der Waals surface area contributed by atoms with E-state index >= 15 is 0 Å². The van der Waals surface area contributed by atoms with Crippen LogP contribution in [0.25, 0.3) is 0 Å². The average molecular weight is 340 g/mol. The van der Waals surface area contributed by atoms with Crippen LogP contribution in [0.2, 0.25) is 5.02 Å². The van der Waals surface area contributed by atoms with E-state index in [1.807, 2.05) is 24.4 Å². The lowest BCUT2D eigenvalue weighted by atomic mass is 10.00. The van der Waals surface area contributed by atoms with Gasteiger partial charge < -0.3 is 5.32 Å². The fraction of sp³-hybridized carbons (Fsp3) is 0.267. The van der Waals surface area contributed by atoms with Crippen LogP contribution >= 0.6 is 27.5 Å². The third-order valence-corrected chi connectivity index (χ3v) is 3.57. The van der Waals surface area contributed by atoms with Crippen molar-refractivity contribution >= 4 is 27.5 Å². The van der Waals surface area contributed by atoms with E-state index < -0.39 is 0 Å². The van der Waals surface area contributed by atoms with Crippen LogP contribution in [0.15, 0.2) is 47.2 Å². The third kappa shape index (κ3) is 4.30. The summed E-state index contributed by atoms with van der Waals surface area (Å²) in [5, 5.41) is 4.26. The monoisotopic (exact) mass is 338 g/mol. The number of hydrogen-bond acceptors (Lipinski definition) is 2. The number of nitrogens with zero attached hydrogens (tertiary/aromatic N) is 1. The molecule has 0 radical (unpaired) electrons. The lowest BCUT2D eigenvalue weighted by Gasteiger charge is -2.18. The summed E-state index contributed by atoms with van der Waals surface area (Å²) in [4.78, 5) is 4.21. The molecule has 0 saturated carbocycles. The minimum Gasteiger partial charge on any atom is -0.310 e. The van der Waals surface area contributed by atoms with Gasteiger partial charge in [-0.25, -0.2) is 0 Å². The predicted molar refractivity (Wildman–Crippen MR) is 83.5 cm³/mol. The van der Waals surface area contributed by atoms with Gasteiger partial charge in [0.2, 0.25) is 0 Å². The Kier molecular flexibility index (Phi) is 5.37. The molecule has 4 heteroatoms. The summed E-state index contributed by atoms with van der Waals surface area (Å²) >= 11 is 9.52. The first-order valence-corrected chi connectivity index (χ1v) is 7.44. The van der Waals surface area contributed by atoms with Crippen LogP contribution in [0.3, 0.4) is 0 Å². The molecule has 1 heterocycles. The Morgan fingerprint density at radius 3 is 2.84 bits per heavy atom. The number of likely N-dealkylation sites (N-methyl/N-ethyl adjacent to an activating group) is 1. The molecule has 2 aromatic rings. The summed E-state index contributed by atoms with van der Waals surface area (Å²) < 4.78 is 1.01. The van der Waals surface area contributed by atoms with Crippen LogP contribution in [0.4, 0.5) is 0 Å². The van der Waals surface area contributed by atoms with E-state index in [1.165, 1.54) is 11.1 Å². The van der Waals surface area contributed by atoms with E-state index in [0.29, 0.717) is 0 Å². The van der Waals surface area contributed by atoms with Gasteiger partial charge in [-0.2, -0.15) is 0 Å². The van der Waals surface area contributed by atoms with Crippen molar-refractivity contribution in [2.45, 2.75) is 19.4 Å². The zero-order valence-electron chi connectivity index (χ0n) is 10.7. The van der Waals surface area contributed by atoms with E-state index in [0.717, 1.165) is 22.5 Å². The molecule has 1 unspecified atom stereocenters. The van der Waals surface area contributed by atoms with Gasteiger partial charge in [0, 0.05) is 27.9 Å². The molecule has 0 fully saturated rings. The maximum absolute atomic E-state index is 6.07. The summed E-state index contributed by atoms with van der Waals surface area (Å²) in [6.45, 7) is 3.02. The van der Waals surface area contributed by atoms with Crippen molar-refractivity contribution in [3.05, 3.63) is 63.3 Å². The van der Waals surface area contributed by atoms with E-state index in [-0.39, 0.29) is 6.04 Å². The van der Waals surface area contributed by atoms with Gasteiger partial charge in [-0.15, -0.1) is 0 Å². The van der Waals surface area contributed by atoms with Crippen LogP contribution < -0.4 is 5.32 Å². The van der Waals surface area contributed by atoms with Crippen LogP contribution in [-0.4, -0.2) is 11.5 Å². The second-order valence-corrected chi connectivity index (χ2v) is 5.73. The van der Waals surface area contributed by atoms with Crippen molar-refractivity contribution in [1.82, 2.24) is 10.3 Å². The molecule has 0 saturated heterocycles. The quantitative estimate of drug-likeness (QED) is 0.874. The van der Waals surface area contributed by atoms with E-state index in [4.69, 9.17) is 11.6 Å². The highest BCUT2D eigenvalue weighted by molar-refractivity contribution is 9.10. The number of rotatable bonds is 5. The smallest absolute Gasteiger partial charge is 0.0410 e. The third-order valence-electron chi connectivity index (χ3n) is 2.90. The molecule has 0 aliphatic rings. The van der Waals surface area contributed by atoms with Gasteiger partial charge in [0.05, 0.1) is 0 Å². The van der Waals surface area contributed by atoms with Crippen LogP contribution in [0, 0.1) is 0 Å². The predicted octanol–water partition coefficient (Wildman–Crippen LogP) is 4.39. The van der Waals surface area contributed by atoms with Crippen LogP contribution in [-0.2, 0) is 6.42 Å². The van der Waals surface area contributed by atoms with E-state index in [2.05, 4.69) is 45.3 Å². The number of benzene rings is 1. The van der Waals surface area contributed by atoms with Gasteiger partial charge in [0.1, 0.15) is 0 Å². The highest BCUT2D eigenvalue weighted by Crippen LogP contribution is 2.22. The van der Waals surface area contributed by atoms with Crippen LogP contribution in [0.1, 0.15) is 24.1 Å². The van der Waals surface area contributed by atoms with Crippen molar-refractivity contribution in [1.29, 1.82) is 0 Å². The summed E-state index contributed by atoms with van der Waals surface area (Å²) in [5.41, 5.74) is 2.40. The lowest BCUT2D eigenvalue weighted by molar-refractivity contribution is 0.549. The number of nitrogens with one attached hydrogen (secondary N) is 1. The Hall–Kier alpha value is -0.900. The number of halogens is 2. The highest BCUT2D eigenvalue weighted by Gasteiger charge is 2.12. The molecular formula is C15H16BrClN2. The van der Waals surface area contributed by atoms with Crippen molar-refractivity contribution < 1.29 is 0 Å². The molecule has 2 rings (SSSR count). The van der Waals surface area contributed by atoms with E-state index in [1.54, 1.807) is 6.20 Å². The standard InChI is InChI=1S/C15H16BrClN2/c1-2-19-15(12-4-3-5-14(17)8-12)7-11-6-13(16)10-18-9-11/h3-6,8-10,15,19H,2,7H2,1H3. The van der Waals surface area contributed by atoms with E-state index in [9.17, 15) is 0 Å². The molecule has 0 aliphatic heterocycles. The molecule has 0 bridgehead atoms. The lowest BCUT2D eigenvalue weighted by Crippen LogP contribution is -2.23. The Balaban J connectivity index is 2.21. The number of hydrogen-bond donors (Lipinski definition) is 1. The van der Waals surface area contributed by atoms with Crippen molar-refractivity contribution in [2.24, 2.45) is 0 Å². The Labute approximate surface area is 127 Å². The minimum absolute atomic E-state index is 0.250. The summed E-state index contributed by atoms with van der Waals surface area (Å²) in [7, 11) is 0. The molecule has 1 aromatic carbocycles. The fourth-order valence-corrected chi connectivity index (χ4v) is 2.69. The number of pyridine rings is 1. The first-order chi connectivity index (χ1) is 9.19. The molecule has 19 heavy (non-hydrogen) atoms. The summed E-state index contributed by atoms with van der Waals surface area (Å²) in [6.07, 6.45) is 4.59. The van der Waals surface area contributed by atoms with Crippen LogP contribution in [0.5, 0.6) is 0 Å². The maximum atomic E-state index is 6.07. The average Bonchev–Trinajstić information content (AvgIpc) is 2.38. The molecule has 2 nitrogen and oxygen atoms in total. The maximum Gasteiger partial charge on any atom is 0.0410 e. The zero-order valence-corrected chi connectivity index (χ0v) is 13.1. The van der Waals surface area contributed by atoms with Gasteiger partial charge >= 0.3 is 0 Å². The molecular weight excluding hydrogens is 324 g/mol. The topological polar surface area (TPSA) is 24.9 Å². The first-order valence-electron chi connectivity index (χ1n) is 6.27. The first kappa shape index (κ1) is 14.5. The number of aromatic nitrogens is 1. The largest absolute Gasteiger partial charge is 0.310 e. The molecule has 0 amide bonds. The zero-order chi connectivity index (χ0) is 13.7. The van der Waals surface area contributed by atoms with Crippen molar-refractivity contribution in [2.75, 3.05) is 6.54 Å². The molecule has 0 spiro atoms. The second-order valence-electron chi connectivity index (χ2n) is 4.38. The molecule has 1 N–H and O–H groups in total. The molecule has 1 atom stereocenters. The second kappa shape index (κ2) is 7.04. The Morgan fingerprint density at radius 2 is 2.16 bits per heavy atom. The fourth-order valence-electron chi connectivity index (χ4n) is 2.08. The van der Waals surface area contributed by atoms with Gasteiger partial charge in [-0.3, -0.25) is 4.98 Å². The molecule has 1 aromatic heterocycles. The molecule has 100 valence electrons. The molecule has 0 aliphatic carbocycles. The highest BCUT2D eigenvalue weighted by atomic mass is 79.9. The van der Waals surface area contributed by atoms with Crippen molar-refractivity contribution in [3.8, 4) is 0 Å². The van der Waals surface area contributed by atoms with Gasteiger partial charge in [0.15, 0.2) is 0 Å². The summed E-state index contributed by atoms with van der Waals surface area (Å²) in [6, 6.07) is 10.3. The van der Waals surface area contributed by atoms with Gasteiger partial charge in [0.25, 0.3) is 0 Å². The normalized spacial score (nSPS) is 12.4. The Bertz CT molecular complexity index is 545. The van der Waals surface area contributed by atoms with Gasteiger partial charge in [-0.05, 0) is 58.2 Å².